The number of benzene rings is 1. The summed E-state index contributed by atoms with van der Waals surface area (Å²) in [6, 6.07) is 9.83. The van der Waals surface area contributed by atoms with Crippen LogP contribution in [-0.2, 0) is 9.59 Å². The lowest BCUT2D eigenvalue weighted by atomic mass is 10.2. The van der Waals surface area contributed by atoms with Gasteiger partial charge in [0.1, 0.15) is 5.82 Å². The fourth-order valence-corrected chi connectivity index (χ4v) is 2.34. The topological polar surface area (TPSA) is 74.3 Å². The van der Waals surface area contributed by atoms with Crippen LogP contribution < -0.4 is 10.6 Å². The summed E-state index contributed by atoms with van der Waals surface area (Å²) in [7, 11) is 1.71. The maximum absolute atomic E-state index is 12.3. The van der Waals surface area contributed by atoms with Gasteiger partial charge in [-0.2, -0.15) is 0 Å². The highest BCUT2D eigenvalue weighted by molar-refractivity contribution is 9.10. The van der Waals surface area contributed by atoms with Gasteiger partial charge >= 0.3 is 0 Å². The van der Waals surface area contributed by atoms with Gasteiger partial charge in [-0.1, -0.05) is 11.6 Å². The number of hydrogen-bond acceptors (Lipinski definition) is 4. The van der Waals surface area contributed by atoms with Gasteiger partial charge in [0.2, 0.25) is 11.8 Å². The van der Waals surface area contributed by atoms with Crippen LogP contribution in [0, 0.1) is 0 Å². The number of amides is 2. The van der Waals surface area contributed by atoms with Crippen molar-refractivity contribution in [3.05, 3.63) is 52.1 Å². The van der Waals surface area contributed by atoms with Crippen LogP contribution in [0.3, 0.4) is 0 Å². The van der Waals surface area contributed by atoms with Crippen molar-refractivity contribution in [3.8, 4) is 0 Å². The third-order valence-electron chi connectivity index (χ3n) is 3.54. The van der Waals surface area contributed by atoms with Crippen molar-refractivity contribution in [2.75, 3.05) is 24.2 Å². The summed E-state index contributed by atoms with van der Waals surface area (Å²) in [6.45, 7) is 1.79. The first-order chi connectivity index (χ1) is 11.8. The largest absolute Gasteiger partial charge is 0.325 e. The number of pyridine rings is 1. The van der Waals surface area contributed by atoms with Gasteiger partial charge < -0.3 is 10.6 Å². The number of carbonyl (C=O) groups excluding carboxylic acids is 2. The standard InChI is InChI=1S/C17H18BrClN4O2/c1-11(17(25)21-14-6-4-13(19)5-7-14)23(2)10-16(24)22-15-8-3-12(18)9-20-15/h3-9,11H,10H2,1-2H3,(H,21,25)(H,20,22,24). The number of rotatable bonds is 6. The minimum Gasteiger partial charge on any atom is -0.325 e. The molecule has 1 heterocycles. The first-order valence-electron chi connectivity index (χ1n) is 7.53. The fourth-order valence-electron chi connectivity index (χ4n) is 1.98. The zero-order chi connectivity index (χ0) is 18.4. The zero-order valence-electron chi connectivity index (χ0n) is 13.8. The van der Waals surface area contributed by atoms with Gasteiger partial charge in [-0.3, -0.25) is 14.5 Å². The van der Waals surface area contributed by atoms with Gasteiger partial charge in [0.15, 0.2) is 0 Å². The Kier molecular flexibility index (Phi) is 6.92. The lowest BCUT2D eigenvalue weighted by Gasteiger charge is -2.23. The maximum atomic E-state index is 12.3. The summed E-state index contributed by atoms with van der Waals surface area (Å²) in [5.41, 5.74) is 0.651. The molecule has 0 aliphatic rings. The Morgan fingerprint density at radius 3 is 2.48 bits per heavy atom. The first kappa shape index (κ1) is 19.4. The Morgan fingerprint density at radius 1 is 1.20 bits per heavy atom. The Labute approximate surface area is 159 Å². The predicted molar refractivity (Wildman–Crippen MR) is 103 cm³/mol. The number of aromatic nitrogens is 1. The van der Waals surface area contributed by atoms with Crippen LogP contribution >= 0.6 is 27.5 Å². The SMILES string of the molecule is CC(C(=O)Nc1ccc(Cl)cc1)N(C)CC(=O)Nc1ccc(Br)cn1. The maximum Gasteiger partial charge on any atom is 0.241 e. The van der Waals surface area contributed by atoms with Crippen LogP contribution in [0.2, 0.25) is 5.02 Å². The molecule has 132 valence electrons. The molecular formula is C17H18BrClN4O2. The summed E-state index contributed by atoms with van der Waals surface area (Å²) in [6.07, 6.45) is 1.60. The van der Waals surface area contributed by atoms with E-state index in [2.05, 4.69) is 31.5 Å². The molecule has 1 unspecified atom stereocenters. The van der Waals surface area contributed by atoms with E-state index in [9.17, 15) is 9.59 Å². The monoisotopic (exact) mass is 424 g/mol. The molecule has 0 bridgehead atoms. The van der Waals surface area contributed by atoms with E-state index in [1.807, 2.05) is 0 Å². The number of halogens is 2. The quantitative estimate of drug-likeness (QED) is 0.744. The van der Waals surface area contributed by atoms with E-state index in [4.69, 9.17) is 11.6 Å². The van der Waals surface area contributed by atoms with Crippen molar-refractivity contribution in [3.63, 3.8) is 0 Å². The third-order valence-corrected chi connectivity index (χ3v) is 4.26. The van der Waals surface area contributed by atoms with E-state index in [0.717, 1.165) is 4.47 Å². The molecule has 2 amide bonds. The first-order valence-corrected chi connectivity index (χ1v) is 8.70. The van der Waals surface area contributed by atoms with Gasteiger partial charge in [-0.25, -0.2) is 4.98 Å². The molecular weight excluding hydrogens is 408 g/mol. The average molecular weight is 426 g/mol. The average Bonchev–Trinajstić information content (AvgIpc) is 2.58. The number of hydrogen-bond donors (Lipinski definition) is 2. The summed E-state index contributed by atoms with van der Waals surface area (Å²) < 4.78 is 0.829. The number of nitrogens with zero attached hydrogens (tertiary/aromatic N) is 2. The normalized spacial score (nSPS) is 11.9. The van der Waals surface area contributed by atoms with Crippen LogP contribution in [0.15, 0.2) is 47.1 Å². The number of nitrogens with one attached hydrogen (secondary N) is 2. The van der Waals surface area contributed by atoms with Gasteiger partial charge in [0, 0.05) is 21.4 Å². The summed E-state index contributed by atoms with van der Waals surface area (Å²) in [5.74, 6) is 0.00252. The van der Waals surface area contributed by atoms with Crippen molar-refractivity contribution in [1.29, 1.82) is 0 Å². The van der Waals surface area contributed by atoms with Crippen LogP contribution in [0.25, 0.3) is 0 Å². The van der Waals surface area contributed by atoms with E-state index in [1.165, 1.54) is 0 Å². The van der Waals surface area contributed by atoms with Crippen LogP contribution in [0.1, 0.15) is 6.92 Å². The molecule has 2 aromatic rings. The van der Waals surface area contributed by atoms with Crippen LogP contribution in [0.5, 0.6) is 0 Å². The summed E-state index contributed by atoms with van der Waals surface area (Å²) in [5, 5.41) is 6.08. The molecule has 0 fully saturated rings. The molecule has 25 heavy (non-hydrogen) atoms. The molecule has 0 saturated heterocycles. The van der Waals surface area contributed by atoms with Crippen LogP contribution in [-0.4, -0.2) is 41.3 Å². The van der Waals surface area contributed by atoms with E-state index in [1.54, 1.807) is 61.5 Å². The Bertz CT molecular complexity index is 737. The summed E-state index contributed by atoms with van der Waals surface area (Å²) >= 11 is 9.10. The second-order valence-electron chi connectivity index (χ2n) is 5.50. The van der Waals surface area contributed by atoms with Gasteiger partial charge in [-0.05, 0) is 66.3 Å². The van der Waals surface area contributed by atoms with Crippen molar-refractivity contribution in [2.45, 2.75) is 13.0 Å². The molecule has 8 heteroatoms. The summed E-state index contributed by atoms with van der Waals surface area (Å²) in [4.78, 5) is 30.1. The van der Waals surface area contributed by atoms with Gasteiger partial charge in [-0.15, -0.1) is 0 Å². The Balaban J connectivity index is 1.86. The number of carbonyl (C=O) groups is 2. The molecule has 2 N–H and O–H groups in total. The molecule has 0 spiro atoms. The third kappa shape index (κ3) is 6.12. The predicted octanol–water partition coefficient (Wildman–Crippen LogP) is 3.40. The van der Waals surface area contributed by atoms with Gasteiger partial charge in [0.25, 0.3) is 0 Å². The highest BCUT2D eigenvalue weighted by Gasteiger charge is 2.20. The number of likely N-dealkylation sites (N-methyl/N-ethyl adjacent to an activating group) is 1. The number of anilines is 2. The molecule has 0 aliphatic heterocycles. The van der Waals surface area contributed by atoms with E-state index in [-0.39, 0.29) is 18.4 Å². The molecule has 0 aliphatic carbocycles. The van der Waals surface area contributed by atoms with Crippen LogP contribution in [0.4, 0.5) is 11.5 Å². The minimum absolute atomic E-state index is 0.0624. The Morgan fingerprint density at radius 2 is 1.88 bits per heavy atom. The van der Waals surface area contributed by atoms with E-state index < -0.39 is 6.04 Å². The van der Waals surface area contributed by atoms with Crippen molar-refractivity contribution in [1.82, 2.24) is 9.88 Å². The molecule has 0 radical (unpaired) electrons. The zero-order valence-corrected chi connectivity index (χ0v) is 16.1. The fraction of sp³-hybridized carbons (Fsp3) is 0.235. The van der Waals surface area contributed by atoms with Crippen molar-refractivity contribution < 1.29 is 9.59 Å². The van der Waals surface area contributed by atoms with Crippen molar-refractivity contribution >= 4 is 50.9 Å². The van der Waals surface area contributed by atoms with E-state index >= 15 is 0 Å². The molecule has 0 saturated carbocycles. The lowest BCUT2D eigenvalue weighted by molar-refractivity contribution is -0.122. The Hall–Kier alpha value is -1.96. The second kappa shape index (κ2) is 8.94. The lowest BCUT2D eigenvalue weighted by Crippen LogP contribution is -2.43. The second-order valence-corrected chi connectivity index (χ2v) is 6.85. The highest BCUT2D eigenvalue weighted by Crippen LogP contribution is 2.14. The molecule has 2 rings (SSSR count). The highest BCUT2D eigenvalue weighted by atomic mass is 79.9. The van der Waals surface area contributed by atoms with Crippen molar-refractivity contribution in [2.24, 2.45) is 0 Å². The molecule has 1 aromatic carbocycles. The molecule has 1 aromatic heterocycles. The van der Waals surface area contributed by atoms with Gasteiger partial charge in [0.05, 0.1) is 12.6 Å². The minimum atomic E-state index is -0.487. The van der Waals surface area contributed by atoms with E-state index in [0.29, 0.717) is 16.5 Å². The molecule has 6 nitrogen and oxygen atoms in total. The smallest absolute Gasteiger partial charge is 0.241 e. The molecule has 1 atom stereocenters.